The number of halogens is 1. The van der Waals surface area contributed by atoms with Crippen molar-refractivity contribution in [1.82, 2.24) is 0 Å². The Bertz CT molecular complexity index is 807. The van der Waals surface area contributed by atoms with Gasteiger partial charge in [-0.15, -0.1) is 0 Å². The van der Waals surface area contributed by atoms with Crippen LogP contribution in [0.25, 0.3) is 10.8 Å². The van der Waals surface area contributed by atoms with Crippen LogP contribution in [0.1, 0.15) is 16.3 Å². The van der Waals surface area contributed by atoms with E-state index in [1.807, 2.05) is 24.3 Å². The number of rotatable bonds is 4. The van der Waals surface area contributed by atoms with Gasteiger partial charge in [0.15, 0.2) is 0 Å². The van der Waals surface area contributed by atoms with E-state index in [-0.39, 0.29) is 12.4 Å². The molecule has 0 bridgehead atoms. The van der Waals surface area contributed by atoms with Gasteiger partial charge in [-0.2, -0.15) is 0 Å². The second-order valence-corrected chi connectivity index (χ2v) is 4.86. The molecule has 0 saturated carbocycles. The predicted molar refractivity (Wildman–Crippen MR) is 79.0 cm³/mol. The lowest BCUT2D eigenvalue weighted by atomic mass is 10.1. The summed E-state index contributed by atoms with van der Waals surface area (Å²) in [4.78, 5) is 10.8. The van der Waals surface area contributed by atoms with Gasteiger partial charge in [-0.3, -0.25) is 0 Å². The lowest BCUT2D eigenvalue weighted by molar-refractivity contribution is 0.0658. The van der Waals surface area contributed by atoms with Gasteiger partial charge in [0.1, 0.15) is 18.1 Å². The van der Waals surface area contributed by atoms with E-state index in [1.165, 1.54) is 6.07 Å². The average molecular weight is 303 g/mol. The highest BCUT2D eigenvalue weighted by atomic mass is 35.5. The average Bonchev–Trinajstić information content (AvgIpc) is 2.96. The van der Waals surface area contributed by atoms with Gasteiger partial charge < -0.3 is 14.3 Å². The molecule has 2 aromatic carbocycles. The molecule has 0 aliphatic carbocycles. The molecule has 0 unspecified atom stereocenters. The molecule has 1 N–H and O–H groups in total. The number of ether oxygens (including phenoxy) is 1. The van der Waals surface area contributed by atoms with Gasteiger partial charge in [-0.05, 0) is 24.3 Å². The van der Waals surface area contributed by atoms with Crippen LogP contribution in [0.3, 0.4) is 0 Å². The van der Waals surface area contributed by atoms with E-state index in [0.29, 0.717) is 16.5 Å². The van der Waals surface area contributed by atoms with Crippen LogP contribution in [-0.4, -0.2) is 11.1 Å². The summed E-state index contributed by atoms with van der Waals surface area (Å²) in [6.45, 7) is 0.152. The summed E-state index contributed by atoms with van der Waals surface area (Å²) in [7, 11) is 0. The van der Waals surface area contributed by atoms with Gasteiger partial charge in [0.05, 0.1) is 0 Å². The lowest BCUT2D eigenvalue weighted by Crippen LogP contribution is -1.96. The molecule has 5 heteroatoms. The molecule has 0 radical (unpaired) electrons. The molecular weight excluding hydrogens is 292 g/mol. The molecule has 3 aromatic rings. The van der Waals surface area contributed by atoms with Crippen LogP contribution in [0.15, 0.2) is 52.9 Å². The van der Waals surface area contributed by atoms with Crippen LogP contribution >= 0.6 is 11.6 Å². The number of furan rings is 1. The van der Waals surface area contributed by atoms with Crippen LogP contribution in [0.5, 0.6) is 5.75 Å². The maximum Gasteiger partial charge on any atom is 0.371 e. The minimum absolute atomic E-state index is 0.102. The third-order valence-corrected chi connectivity index (χ3v) is 3.40. The molecule has 106 valence electrons. The molecule has 0 amide bonds. The standard InChI is InChI=1S/C16H11ClO4/c17-13-6-8-14(12-4-2-1-3-11(12)13)20-9-10-5-7-15(21-10)16(18)19/h1-8H,9H2,(H,18,19). The number of aromatic carboxylic acids is 1. The number of fused-ring (bicyclic) bond motifs is 1. The van der Waals surface area contributed by atoms with E-state index in [2.05, 4.69) is 0 Å². The van der Waals surface area contributed by atoms with E-state index < -0.39 is 5.97 Å². The highest BCUT2D eigenvalue weighted by Crippen LogP contribution is 2.31. The molecule has 4 nitrogen and oxygen atoms in total. The maximum absolute atomic E-state index is 10.8. The van der Waals surface area contributed by atoms with Crippen molar-refractivity contribution >= 4 is 28.3 Å². The molecule has 21 heavy (non-hydrogen) atoms. The third kappa shape index (κ3) is 2.71. The van der Waals surface area contributed by atoms with Crippen molar-refractivity contribution < 1.29 is 19.1 Å². The Morgan fingerprint density at radius 1 is 1.10 bits per heavy atom. The summed E-state index contributed by atoms with van der Waals surface area (Å²) < 4.78 is 10.9. The molecular formula is C16H11ClO4. The minimum Gasteiger partial charge on any atom is -0.485 e. The quantitative estimate of drug-likeness (QED) is 0.777. The van der Waals surface area contributed by atoms with Gasteiger partial charge >= 0.3 is 5.97 Å². The molecule has 0 atom stereocenters. The molecule has 1 aromatic heterocycles. The zero-order chi connectivity index (χ0) is 14.8. The SMILES string of the molecule is O=C(O)c1ccc(COc2ccc(Cl)c3ccccc23)o1. The number of benzene rings is 2. The molecule has 0 aliphatic heterocycles. The van der Waals surface area contributed by atoms with Crippen LogP contribution in [-0.2, 0) is 6.61 Å². The summed E-state index contributed by atoms with van der Waals surface area (Å²) in [5.41, 5.74) is 0. The largest absolute Gasteiger partial charge is 0.485 e. The van der Waals surface area contributed by atoms with Gasteiger partial charge in [-0.1, -0.05) is 35.9 Å². The maximum atomic E-state index is 10.8. The Kier molecular flexibility index (Phi) is 3.54. The zero-order valence-electron chi connectivity index (χ0n) is 10.9. The van der Waals surface area contributed by atoms with E-state index >= 15 is 0 Å². The zero-order valence-corrected chi connectivity index (χ0v) is 11.6. The van der Waals surface area contributed by atoms with Crippen LogP contribution in [0.4, 0.5) is 0 Å². The number of carboxylic acid groups (broad SMARTS) is 1. The van der Waals surface area contributed by atoms with E-state index in [9.17, 15) is 4.79 Å². The molecule has 0 fully saturated rings. The molecule has 1 heterocycles. The second kappa shape index (κ2) is 5.50. The van der Waals surface area contributed by atoms with E-state index in [4.69, 9.17) is 25.9 Å². The number of hydrogen-bond donors (Lipinski definition) is 1. The van der Waals surface area contributed by atoms with Crippen molar-refractivity contribution in [2.24, 2.45) is 0 Å². The summed E-state index contributed by atoms with van der Waals surface area (Å²) in [5, 5.41) is 11.3. The number of hydrogen-bond acceptors (Lipinski definition) is 3. The topological polar surface area (TPSA) is 59.7 Å². The van der Waals surface area contributed by atoms with Crippen molar-refractivity contribution in [2.75, 3.05) is 0 Å². The summed E-state index contributed by atoms with van der Waals surface area (Å²) in [5.74, 6) is -0.0811. The summed E-state index contributed by atoms with van der Waals surface area (Å²) >= 11 is 6.15. The fraction of sp³-hybridized carbons (Fsp3) is 0.0625. The van der Waals surface area contributed by atoms with Crippen LogP contribution in [0, 0.1) is 0 Å². The summed E-state index contributed by atoms with van der Waals surface area (Å²) in [6, 6.07) is 14.2. The van der Waals surface area contributed by atoms with Gasteiger partial charge in [0.2, 0.25) is 5.76 Å². The molecule has 0 saturated heterocycles. The Labute approximate surface area is 125 Å². The van der Waals surface area contributed by atoms with E-state index in [1.54, 1.807) is 18.2 Å². The highest BCUT2D eigenvalue weighted by molar-refractivity contribution is 6.35. The fourth-order valence-corrected chi connectivity index (χ4v) is 2.31. The van der Waals surface area contributed by atoms with Gasteiger partial charge in [0.25, 0.3) is 0 Å². The Morgan fingerprint density at radius 3 is 2.57 bits per heavy atom. The molecule has 0 aliphatic rings. The first-order valence-corrected chi connectivity index (χ1v) is 6.65. The van der Waals surface area contributed by atoms with Crippen molar-refractivity contribution in [2.45, 2.75) is 6.61 Å². The van der Waals surface area contributed by atoms with Crippen molar-refractivity contribution in [1.29, 1.82) is 0 Å². The van der Waals surface area contributed by atoms with Crippen molar-refractivity contribution in [3.63, 3.8) is 0 Å². The minimum atomic E-state index is -1.10. The Morgan fingerprint density at radius 2 is 1.86 bits per heavy atom. The summed E-state index contributed by atoms with van der Waals surface area (Å²) in [6.07, 6.45) is 0. The van der Waals surface area contributed by atoms with Crippen molar-refractivity contribution in [3.05, 3.63) is 65.1 Å². The monoisotopic (exact) mass is 302 g/mol. The van der Waals surface area contributed by atoms with Crippen molar-refractivity contribution in [3.8, 4) is 5.75 Å². The lowest BCUT2D eigenvalue weighted by Gasteiger charge is -2.09. The van der Waals surface area contributed by atoms with Gasteiger partial charge in [0, 0.05) is 15.8 Å². The first kappa shape index (κ1) is 13.5. The van der Waals surface area contributed by atoms with E-state index in [0.717, 1.165) is 10.8 Å². The first-order chi connectivity index (χ1) is 10.1. The number of carbonyl (C=O) groups is 1. The predicted octanol–water partition coefficient (Wildman–Crippen LogP) is 4.36. The highest BCUT2D eigenvalue weighted by Gasteiger charge is 2.10. The third-order valence-electron chi connectivity index (χ3n) is 3.07. The smallest absolute Gasteiger partial charge is 0.371 e. The Balaban J connectivity index is 1.85. The first-order valence-electron chi connectivity index (χ1n) is 6.27. The Hall–Kier alpha value is -2.46. The van der Waals surface area contributed by atoms with Gasteiger partial charge in [-0.25, -0.2) is 4.79 Å². The normalized spacial score (nSPS) is 10.7. The van der Waals surface area contributed by atoms with Crippen LogP contribution in [0.2, 0.25) is 5.02 Å². The second-order valence-electron chi connectivity index (χ2n) is 4.45. The van der Waals surface area contributed by atoms with Crippen LogP contribution < -0.4 is 4.74 Å². The fourth-order valence-electron chi connectivity index (χ4n) is 2.08. The molecule has 0 spiro atoms. The molecule has 3 rings (SSSR count). The number of carboxylic acids is 1.